The molecule has 1 nitrogen and oxygen atoms in total. The van der Waals surface area contributed by atoms with Crippen LogP contribution in [0.4, 0.5) is 0 Å². The Morgan fingerprint density at radius 2 is 1.93 bits per heavy atom. The van der Waals surface area contributed by atoms with Crippen molar-refractivity contribution in [3.63, 3.8) is 0 Å². The number of rotatable bonds is 2. The van der Waals surface area contributed by atoms with E-state index in [4.69, 9.17) is 4.74 Å². The van der Waals surface area contributed by atoms with Crippen molar-refractivity contribution in [3.05, 3.63) is 42.0 Å². The first kappa shape index (κ1) is 10.4. The summed E-state index contributed by atoms with van der Waals surface area (Å²) in [7, 11) is 1.81. The van der Waals surface area contributed by atoms with Crippen molar-refractivity contribution in [2.45, 2.75) is 31.8 Å². The Balaban J connectivity index is 2.15. The van der Waals surface area contributed by atoms with Gasteiger partial charge in [-0.05, 0) is 37.3 Å². The first-order valence-electron chi connectivity index (χ1n) is 5.53. The van der Waals surface area contributed by atoms with Crippen LogP contribution < -0.4 is 0 Å². The Labute approximate surface area is 91.8 Å². The number of methoxy groups -OCH3 is 1. The summed E-state index contributed by atoms with van der Waals surface area (Å²) in [6.45, 7) is 2.19. The summed E-state index contributed by atoms with van der Waals surface area (Å²) in [6, 6.07) is 10.6. The minimum absolute atomic E-state index is 0.0538. The zero-order valence-electron chi connectivity index (χ0n) is 9.49. The van der Waals surface area contributed by atoms with E-state index >= 15 is 0 Å². The predicted octanol–water partition coefficient (Wildman–Crippen LogP) is 3.66. The van der Waals surface area contributed by atoms with Crippen LogP contribution in [0.3, 0.4) is 0 Å². The van der Waals surface area contributed by atoms with E-state index in [2.05, 4.69) is 43.3 Å². The van der Waals surface area contributed by atoms with E-state index in [9.17, 15) is 0 Å². The van der Waals surface area contributed by atoms with Crippen molar-refractivity contribution in [2.75, 3.05) is 7.11 Å². The van der Waals surface area contributed by atoms with E-state index in [-0.39, 0.29) is 5.60 Å². The molecule has 0 fully saturated rings. The van der Waals surface area contributed by atoms with Crippen LogP contribution in [0.2, 0.25) is 0 Å². The topological polar surface area (TPSA) is 9.23 Å². The average molecular weight is 202 g/mol. The van der Waals surface area contributed by atoms with Gasteiger partial charge in [0.15, 0.2) is 0 Å². The molecule has 15 heavy (non-hydrogen) atoms. The molecular formula is C14H18O. The largest absolute Gasteiger partial charge is 0.378 e. The van der Waals surface area contributed by atoms with Crippen molar-refractivity contribution in [1.29, 1.82) is 0 Å². The molecule has 80 valence electrons. The van der Waals surface area contributed by atoms with E-state index in [0.29, 0.717) is 0 Å². The van der Waals surface area contributed by atoms with Crippen LogP contribution in [-0.4, -0.2) is 12.7 Å². The number of benzene rings is 1. The molecule has 0 aliphatic heterocycles. The molecule has 0 saturated heterocycles. The van der Waals surface area contributed by atoms with Crippen LogP contribution in [0.5, 0.6) is 0 Å². The number of hydrogen-bond donors (Lipinski definition) is 0. The number of allylic oxidation sites excluding steroid dienone is 1. The zero-order valence-corrected chi connectivity index (χ0v) is 9.49. The van der Waals surface area contributed by atoms with E-state index in [1.807, 2.05) is 0 Å². The standard InChI is InChI=1S/C14H18O/c1-14(15-2)10-8-13(9-11-14)12-6-4-3-5-7-12/h3-8H,9-11H2,1-2H3. The Hall–Kier alpha value is -1.08. The van der Waals surface area contributed by atoms with Gasteiger partial charge in [-0.2, -0.15) is 0 Å². The SMILES string of the molecule is COC1(C)CC=C(c2ccccc2)CC1. The van der Waals surface area contributed by atoms with Gasteiger partial charge in [0.25, 0.3) is 0 Å². The second-order valence-corrected chi connectivity index (χ2v) is 4.45. The Bertz CT molecular complexity index is 353. The van der Waals surface area contributed by atoms with Gasteiger partial charge >= 0.3 is 0 Å². The summed E-state index contributed by atoms with van der Waals surface area (Å²) in [6.07, 6.45) is 5.58. The molecule has 0 aromatic heterocycles. The fourth-order valence-corrected chi connectivity index (χ4v) is 2.04. The monoisotopic (exact) mass is 202 g/mol. The smallest absolute Gasteiger partial charge is 0.0688 e. The van der Waals surface area contributed by atoms with E-state index in [1.54, 1.807) is 7.11 Å². The molecule has 1 aliphatic carbocycles. The van der Waals surface area contributed by atoms with Crippen LogP contribution in [0.25, 0.3) is 5.57 Å². The molecule has 0 amide bonds. The van der Waals surface area contributed by atoms with Gasteiger partial charge < -0.3 is 4.74 Å². The first-order chi connectivity index (χ1) is 7.23. The lowest BCUT2D eigenvalue weighted by molar-refractivity contribution is 0.000131. The van der Waals surface area contributed by atoms with Crippen molar-refractivity contribution >= 4 is 5.57 Å². The van der Waals surface area contributed by atoms with E-state index in [0.717, 1.165) is 19.3 Å². The summed E-state index contributed by atoms with van der Waals surface area (Å²) in [5.74, 6) is 0. The Morgan fingerprint density at radius 3 is 2.47 bits per heavy atom. The fourth-order valence-electron chi connectivity index (χ4n) is 2.04. The van der Waals surface area contributed by atoms with E-state index in [1.165, 1.54) is 11.1 Å². The lowest BCUT2D eigenvalue weighted by Gasteiger charge is -2.31. The Morgan fingerprint density at radius 1 is 1.20 bits per heavy atom. The molecule has 0 saturated carbocycles. The Kier molecular flexibility index (Phi) is 2.92. The molecule has 0 N–H and O–H groups in total. The third kappa shape index (κ3) is 2.29. The summed E-state index contributed by atoms with van der Waals surface area (Å²) in [4.78, 5) is 0. The summed E-state index contributed by atoms with van der Waals surface area (Å²) in [5.41, 5.74) is 2.87. The second-order valence-electron chi connectivity index (χ2n) is 4.45. The van der Waals surface area contributed by atoms with Crippen molar-refractivity contribution in [2.24, 2.45) is 0 Å². The lowest BCUT2D eigenvalue weighted by Crippen LogP contribution is -2.28. The average Bonchev–Trinajstić information content (AvgIpc) is 2.31. The van der Waals surface area contributed by atoms with Crippen LogP contribution >= 0.6 is 0 Å². The minimum Gasteiger partial charge on any atom is -0.378 e. The van der Waals surface area contributed by atoms with Gasteiger partial charge in [0.05, 0.1) is 5.60 Å². The third-order valence-electron chi connectivity index (χ3n) is 3.34. The van der Waals surface area contributed by atoms with Gasteiger partial charge in [-0.15, -0.1) is 0 Å². The highest BCUT2D eigenvalue weighted by atomic mass is 16.5. The van der Waals surface area contributed by atoms with E-state index < -0.39 is 0 Å². The van der Waals surface area contributed by atoms with Crippen LogP contribution in [-0.2, 0) is 4.74 Å². The molecule has 0 heterocycles. The summed E-state index contributed by atoms with van der Waals surface area (Å²) in [5, 5.41) is 0. The quantitative estimate of drug-likeness (QED) is 0.711. The molecule has 0 bridgehead atoms. The normalized spacial score (nSPS) is 26.1. The molecule has 0 radical (unpaired) electrons. The molecule has 1 aliphatic rings. The van der Waals surface area contributed by atoms with Crippen molar-refractivity contribution in [3.8, 4) is 0 Å². The number of hydrogen-bond acceptors (Lipinski definition) is 1. The molecule has 2 rings (SSSR count). The molecule has 1 heteroatoms. The van der Waals surface area contributed by atoms with Gasteiger partial charge in [0.2, 0.25) is 0 Å². The minimum atomic E-state index is 0.0538. The lowest BCUT2D eigenvalue weighted by atomic mass is 9.84. The van der Waals surface area contributed by atoms with Gasteiger partial charge in [-0.25, -0.2) is 0 Å². The molecular weight excluding hydrogens is 184 g/mol. The highest BCUT2D eigenvalue weighted by molar-refractivity contribution is 5.66. The van der Waals surface area contributed by atoms with Crippen LogP contribution in [0.1, 0.15) is 31.7 Å². The zero-order chi connectivity index (χ0) is 10.7. The van der Waals surface area contributed by atoms with Gasteiger partial charge in [-0.1, -0.05) is 36.4 Å². The molecule has 1 aromatic carbocycles. The molecule has 1 atom stereocenters. The maximum absolute atomic E-state index is 5.52. The van der Waals surface area contributed by atoms with Gasteiger partial charge in [0, 0.05) is 7.11 Å². The molecule has 0 spiro atoms. The predicted molar refractivity (Wildman–Crippen MR) is 63.7 cm³/mol. The van der Waals surface area contributed by atoms with Gasteiger partial charge in [-0.3, -0.25) is 0 Å². The molecule has 1 aromatic rings. The van der Waals surface area contributed by atoms with Crippen molar-refractivity contribution in [1.82, 2.24) is 0 Å². The second kappa shape index (κ2) is 4.19. The van der Waals surface area contributed by atoms with Crippen molar-refractivity contribution < 1.29 is 4.74 Å². The van der Waals surface area contributed by atoms with Gasteiger partial charge in [0.1, 0.15) is 0 Å². The third-order valence-corrected chi connectivity index (χ3v) is 3.34. The highest BCUT2D eigenvalue weighted by Crippen LogP contribution is 2.34. The summed E-state index contributed by atoms with van der Waals surface area (Å²) < 4.78 is 5.52. The van der Waals surface area contributed by atoms with Crippen LogP contribution in [0, 0.1) is 0 Å². The maximum atomic E-state index is 5.52. The maximum Gasteiger partial charge on any atom is 0.0688 e. The highest BCUT2D eigenvalue weighted by Gasteiger charge is 2.26. The summed E-state index contributed by atoms with van der Waals surface area (Å²) >= 11 is 0. The molecule has 1 unspecified atom stereocenters. The fraction of sp³-hybridized carbons (Fsp3) is 0.429. The first-order valence-corrected chi connectivity index (χ1v) is 5.53. The number of ether oxygens (including phenoxy) is 1. The van der Waals surface area contributed by atoms with Crippen LogP contribution in [0.15, 0.2) is 36.4 Å².